The molecule has 0 amide bonds. The van der Waals surface area contributed by atoms with Crippen molar-refractivity contribution in [1.82, 2.24) is 0 Å². The number of unbranched alkanes of at least 4 members (excludes halogenated alkanes) is 1. The Hall–Kier alpha value is -1.18. The molecule has 0 saturated heterocycles. The summed E-state index contributed by atoms with van der Waals surface area (Å²) >= 11 is 0. The molecule has 1 unspecified atom stereocenters. The van der Waals surface area contributed by atoms with Crippen molar-refractivity contribution >= 4 is 0 Å². The normalized spacial score (nSPS) is 24.8. The van der Waals surface area contributed by atoms with Gasteiger partial charge in [-0.25, -0.2) is 0 Å². The van der Waals surface area contributed by atoms with Gasteiger partial charge in [0.2, 0.25) is 0 Å². The van der Waals surface area contributed by atoms with Crippen LogP contribution in [-0.2, 0) is 9.47 Å². The zero-order valence-corrected chi connectivity index (χ0v) is 10.6. The number of hydrogen-bond acceptors (Lipinski definition) is 2. The van der Waals surface area contributed by atoms with Crippen LogP contribution in [0.2, 0.25) is 0 Å². The van der Waals surface area contributed by atoms with Gasteiger partial charge in [0.25, 0.3) is 6.29 Å². The molecule has 0 aromatic heterocycles. The molecule has 2 nitrogen and oxygen atoms in total. The van der Waals surface area contributed by atoms with Crippen molar-refractivity contribution in [2.75, 3.05) is 0 Å². The lowest BCUT2D eigenvalue weighted by Gasteiger charge is -2.20. The van der Waals surface area contributed by atoms with Crippen molar-refractivity contribution < 1.29 is 9.47 Å². The van der Waals surface area contributed by atoms with Crippen molar-refractivity contribution in [1.29, 1.82) is 0 Å². The fourth-order valence-corrected chi connectivity index (χ4v) is 2.36. The third kappa shape index (κ3) is 3.95. The van der Waals surface area contributed by atoms with Crippen molar-refractivity contribution in [3.63, 3.8) is 0 Å². The van der Waals surface area contributed by atoms with E-state index in [4.69, 9.17) is 9.47 Å². The Morgan fingerprint density at radius 1 is 1.35 bits per heavy atom. The van der Waals surface area contributed by atoms with Crippen LogP contribution in [0, 0.1) is 5.92 Å². The number of ether oxygens (including phenoxy) is 2. The lowest BCUT2D eigenvalue weighted by atomic mass is 9.86. The summed E-state index contributed by atoms with van der Waals surface area (Å²) < 4.78 is 10.4. The highest BCUT2D eigenvalue weighted by Gasteiger charge is 2.13. The molecule has 0 aromatic carbocycles. The van der Waals surface area contributed by atoms with Gasteiger partial charge in [0.1, 0.15) is 12.5 Å². The number of rotatable bonds is 5. The first kappa shape index (κ1) is 12.3. The quantitative estimate of drug-likeness (QED) is 0.706. The lowest BCUT2D eigenvalue weighted by Crippen LogP contribution is -2.06. The van der Waals surface area contributed by atoms with E-state index in [1.807, 2.05) is 6.08 Å². The summed E-state index contributed by atoms with van der Waals surface area (Å²) in [5, 5.41) is 0. The third-order valence-corrected chi connectivity index (χ3v) is 3.47. The van der Waals surface area contributed by atoms with Crippen LogP contribution in [0.15, 0.2) is 36.3 Å². The maximum atomic E-state index is 5.20. The highest BCUT2D eigenvalue weighted by molar-refractivity contribution is 5.21. The van der Waals surface area contributed by atoms with Gasteiger partial charge in [-0.2, -0.15) is 0 Å². The SMILES string of the molecule is CCCCC1CC=C(C=CC2OC=CO2)CC1. The van der Waals surface area contributed by atoms with Gasteiger partial charge in [-0.3, -0.25) is 0 Å². The number of allylic oxidation sites excluding steroid dienone is 3. The fraction of sp³-hybridized carbons (Fsp3) is 0.600. The maximum Gasteiger partial charge on any atom is 0.259 e. The van der Waals surface area contributed by atoms with Crippen LogP contribution in [0.25, 0.3) is 0 Å². The first-order valence-corrected chi connectivity index (χ1v) is 6.71. The third-order valence-electron chi connectivity index (χ3n) is 3.47. The predicted octanol–water partition coefficient (Wildman–Crippen LogP) is 4.30. The molecular weight excluding hydrogens is 212 g/mol. The summed E-state index contributed by atoms with van der Waals surface area (Å²) in [6.07, 6.45) is 17.3. The van der Waals surface area contributed by atoms with Gasteiger partial charge in [0, 0.05) is 0 Å². The van der Waals surface area contributed by atoms with E-state index in [-0.39, 0.29) is 6.29 Å². The molecular formula is C15H22O2. The topological polar surface area (TPSA) is 18.5 Å². The summed E-state index contributed by atoms with van der Waals surface area (Å²) in [6.45, 7) is 2.27. The standard InChI is InChI=1S/C15H22O2/c1-2-3-4-13-5-7-14(8-6-13)9-10-15-16-11-12-17-15/h7,9-13,15H,2-6,8H2,1H3. The van der Waals surface area contributed by atoms with Crippen LogP contribution in [0.3, 0.4) is 0 Å². The second kappa shape index (κ2) is 6.53. The van der Waals surface area contributed by atoms with Gasteiger partial charge in [-0.15, -0.1) is 0 Å². The minimum Gasteiger partial charge on any atom is -0.456 e. The van der Waals surface area contributed by atoms with Gasteiger partial charge >= 0.3 is 0 Å². The van der Waals surface area contributed by atoms with Crippen LogP contribution < -0.4 is 0 Å². The summed E-state index contributed by atoms with van der Waals surface area (Å²) in [6, 6.07) is 0. The molecule has 0 saturated carbocycles. The lowest BCUT2D eigenvalue weighted by molar-refractivity contribution is 0.0191. The smallest absolute Gasteiger partial charge is 0.259 e. The molecule has 0 spiro atoms. The Morgan fingerprint density at radius 3 is 2.82 bits per heavy atom. The second-order valence-electron chi connectivity index (χ2n) is 4.83. The van der Waals surface area contributed by atoms with E-state index in [0.29, 0.717) is 0 Å². The largest absolute Gasteiger partial charge is 0.456 e. The summed E-state index contributed by atoms with van der Waals surface area (Å²) in [5.74, 6) is 0.910. The van der Waals surface area contributed by atoms with Crippen LogP contribution in [-0.4, -0.2) is 6.29 Å². The second-order valence-corrected chi connectivity index (χ2v) is 4.83. The Bertz CT molecular complexity index is 307. The van der Waals surface area contributed by atoms with Crippen LogP contribution in [0.1, 0.15) is 45.4 Å². The molecule has 0 bridgehead atoms. The van der Waals surface area contributed by atoms with Gasteiger partial charge in [-0.05, 0) is 31.3 Å². The van der Waals surface area contributed by atoms with Crippen molar-refractivity contribution in [2.45, 2.75) is 51.7 Å². The van der Waals surface area contributed by atoms with Gasteiger partial charge in [0.05, 0.1) is 0 Å². The fourth-order valence-electron chi connectivity index (χ4n) is 2.36. The van der Waals surface area contributed by atoms with E-state index in [0.717, 1.165) is 5.92 Å². The average molecular weight is 234 g/mol. The highest BCUT2D eigenvalue weighted by Crippen LogP contribution is 2.28. The number of hydrogen-bond donors (Lipinski definition) is 0. The van der Waals surface area contributed by atoms with Gasteiger partial charge in [0.15, 0.2) is 0 Å². The monoisotopic (exact) mass is 234 g/mol. The van der Waals surface area contributed by atoms with Gasteiger partial charge in [-0.1, -0.05) is 43.9 Å². The van der Waals surface area contributed by atoms with Crippen molar-refractivity contribution in [2.24, 2.45) is 5.92 Å². The Morgan fingerprint density at radius 2 is 2.18 bits per heavy atom. The maximum absolute atomic E-state index is 5.20. The predicted molar refractivity (Wildman–Crippen MR) is 69.2 cm³/mol. The molecule has 0 N–H and O–H groups in total. The molecule has 1 aliphatic carbocycles. The zero-order valence-electron chi connectivity index (χ0n) is 10.6. The summed E-state index contributed by atoms with van der Waals surface area (Å²) in [7, 11) is 0. The van der Waals surface area contributed by atoms with Crippen LogP contribution in [0.5, 0.6) is 0 Å². The molecule has 0 radical (unpaired) electrons. The highest BCUT2D eigenvalue weighted by atomic mass is 16.7. The summed E-state index contributed by atoms with van der Waals surface area (Å²) in [4.78, 5) is 0. The summed E-state index contributed by atoms with van der Waals surface area (Å²) in [5.41, 5.74) is 1.43. The molecule has 2 rings (SSSR count). The van der Waals surface area contributed by atoms with Crippen molar-refractivity contribution in [3.05, 3.63) is 36.3 Å². The van der Waals surface area contributed by atoms with Gasteiger partial charge < -0.3 is 9.47 Å². The molecule has 1 heterocycles. The zero-order chi connectivity index (χ0) is 11.9. The van der Waals surface area contributed by atoms with E-state index >= 15 is 0 Å². The van der Waals surface area contributed by atoms with E-state index < -0.39 is 0 Å². The van der Waals surface area contributed by atoms with E-state index in [1.54, 1.807) is 12.5 Å². The molecule has 0 fully saturated rings. The minimum absolute atomic E-state index is 0.214. The molecule has 94 valence electrons. The van der Waals surface area contributed by atoms with Crippen molar-refractivity contribution in [3.8, 4) is 0 Å². The first-order chi connectivity index (χ1) is 8.38. The molecule has 0 aromatic rings. The molecule has 17 heavy (non-hydrogen) atoms. The Labute approximate surface area is 104 Å². The average Bonchev–Trinajstić information content (AvgIpc) is 2.88. The molecule has 1 atom stereocenters. The first-order valence-electron chi connectivity index (χ1n) is 6.71. The minimum atomic E-state index is -0.214. The van der Waals surface area contributed by atoms with E-state index in [2.05, 4.69) is 19.1 Å². The Balaban J connectivity index is 1.74. The molecule has 2 aliphatic rings. The van der Waals surface area contributed by atoms with E-state index in [1.165, 1.54) is 44.1 Å². The molecule has 2 heteroatoms. The molecule has 1 aliphatic heterocycles. The Kier molecular flexibility index (Phi) is 4.72. The van der Waals surface area contributed by atoms with Crippen LogP contribution >= 0.6 is 0 Å². The van der Waals surface area contributed by atoms with Crippen LogP contribution in [0.4, 0.5) is 0 Å². The van der Waals surface area contributed by atoms with E-state index in [9.17, 15) is 0 Å².